The van der Waals surface area contributed by atoms with Gasteiger partial charge in [-0.1, -0.05) is 24.3 Å². The number of urea groups is 2. The first kappa shape index (κ1) is 17.1. The Bertz CT molecular complexity index is 886. The number of benzene rings is 2. The van der Waals surface area contributed by atoms with Gasteiger partial charge in [0.1, 0.15) is 0 Å². The van der Waals surface area contributed by atoms with Gasteiger partial charge in [0.2, 0.25) is 0 Å². The maximum Gasteiger partial charge on any atom is 0.339 e. The van der Waals surface area contributed by atoms with Crippen molar-refractivity contribution in [3.63, 3.8) is 0 Å². The molecule has 0 bridgehead atoms. The number of nitrogens with one attached hydrogen (secondary N) is 1. The second-order valence-corrected chi connectivity index (χ2v) is 5.24. The van der Waals surface area contributed by atoms with Crippen molar-refractivity contribution < 1.29 is 14.8 Å². The number of fused-ring (bicyclic) bond motifs is 3. The van der Waals surface area contributed by atoms with Crippen molar-refractivity contribution in [3.05, 3.63) is 48.0 Å². The van der Waals surface area contributed by atoms with Crippen molar-refractivity contribution in [1.29, 1.82) is 0 Å². The quantitative estimate of drug-likeness (QED) is 0.362. The predicted octanol–water partition coefficient (Wildman–Crippen LogP) is 2.18. The molecule has 0 spiro atoms. The molecule has 8 heteroatoms. The van der Waals surface area contributed by atoms with Crippen LogP contribution < -0.4 is 17.2 Å². The number of hydrogen-bond donors (Lipinski definition) is 5. The molecule has 4 amide bonds. The highest BCUT2D eigenvalue weighted by Gasteiger charge is 2.17. The highest BCUT2D eigenvalue weighted by Crippen LogP contribution is 2.29. The molecule has 8 nitrogen and oxygen atoms in total. The minimum atomic E-state index is -0.864. The third-order valence-electron chi connectivity index (χ3n) is 3.61. The summed E-state index contributed by atoms with van der Waals surface area (Å²) in [5, 5.41) is 12.3. The first-order valence-electron chi connectivity index (χ1n) is 7.14. The van der Waals surface area contributed by atoms with Gasteiger partial charge < -0.3 is 22.2 Å². The van der Waals surface area contributed by atoms with E-state index in [1.807, 2.05) is 42.5 Å². The summed E-state index contributed by atoms with van der Waals surface area (Å²) in [6.45, 7) is 1.72. The highest BCUT2D eigenvalue weighted by molar-refractivity contribution is 6.07. The average Bonchev–Trinajstić information content (AvgIpc) is 2.90. The van der Waals surface area contributed by atoms with E-state index in [1.165, 1.54) is 0 Å². The number of carbonyl (C=O) groups excluding carboxylic acids is 2. The summed E-state index contributed by atoms with van der Waals surface area (Å²) in [5.41, 5.74) is 16.5. The van der Waals surface area contributed by atoms with Gasteiger partial charge in [-0.15, -0.1) is 0 Å². The molecule has 24 heavy (non-hydrogen) atoms. The number of para-hydroxylation sites is 1. The van der Waals surface area contributed by atoms with Crippen molar-refractivity contribution in [2.24, 2.45) is 17.2 Å². The third kappa shape index (κ3) is 3.55. The summed E-state index contributed by atoms with van der Waals surface area (Å²) in [4.78, 5) is 23.4. The van der Waals surface area contributed by atoms with Crippen LogP contribution in [0.4, 0.5) is 9.59 Å². The standard InChI is InChI=1S/C15H15N3O2.CH4N2O/c1-9(18(20)15(16)19)10-6-7-14-12(8-10)11-4-2-3-5-13(11)17-14;2-1(3)4/h2-9,17,20H,1H3,(H2,16,19);(H4,2,3,4). The average molecular weight is 329 g/mol. The number of aromatic amines is 1. The molecular weight excluding hydrogens is 310 g/mol. The van der Waals surface area contributed by atoms with E-state index >= 15 is 0 Å². The van der Waals surface area contributed by atoms with Gasteiger partial charge in [0.05, 0.1) is 6.04 Å². The molecule has 3 aromatic rings. The van der Waals surface area contributed by atoms with Crippen LogP contribution >= 0.6 is 0 Å². The lowest BCUT2D eigenvalue weighted by Gasteiger charge is -2.20. The Hall–Kier alpha value is -3.26. The summed E-state index contributed by atoms with van der Waals surface area (Å²) in [5.74, 6) is 0. The summed E-state index contributed by atoms with van der Waals surface area (Å²) in [6.07, 6.45) is 0. The molecule has 0 aliphatic rings. The maximum absolute atomic E-state index is 11.0. The zero-order valence-electron chi connectivity index (χ0n) is 13.1. The number of primary amides is 3. The molecule has 0 saturated heterocycles. The van der Waals surface area contributed by atoms with E-state index in [1.54, 1.807) is 6.92 Å². The first-order chi connectivity index (χ1) is 11.3. The molecule has 0 aliphatic heterocycles. The number of rotatable bonds is 2. The van der Waals surface area contributed by atoms with Gasteiger partial charge in [0, 0.05) is 21.8 Å². The van der Waals surface area contributed by atoms with Crippen LogP contribution in [-0.4, -0.2) is 27.3 Å². The number of carbonyl (C=O) groups is 2. The number of nitrogens with zero attached hydrogens (tertiary/aromatic N) is 1. The van der Waals surface area contributed by atoms with Gasteiger partial charge in [-0.25, -0.2) is 9.59 Å². The Morgan fingerprint density at radius 3 is 2.25 bits per heavy atom. The van der Waals surface area contributed by atoms with Gasteiger partial charge in [0.15, 0.2) is 0 Å². The van der Waals surface area contributed by atoms with Gasteiger partial charge in [0.25, 0.3) is 0 Å². The van der Waals surface area contributed by atoms with E-state index < -0.39 is 18.1 Å². The predicted molar refractivity (Wildman–Crippen MR) is 91.2 cm³/mol. The smallest absolute Gasteiger partial charge is 0.339 e. The van der Waals surface area contributed by atoms with Crippen LogP contribution in [0.25, 0.3) is 21.8 Å². The van der Waals surface area contributed by atoms with Crippen LogP contribution in [0.5, 0.6) is 0 Å². The number of nitrogens with two attached hydrogens (primary N) is 3. The van der Waals surface area contributed by atoms with Crippen LogP contribution in [0.1, 0.15) is 18.5 Å². The Labute approximate surface area is 137 Å². The zero-order chi connectivity index (χ0) is 17.9. The lowest BCUT2D eigenvalue weighted by molar-refractivity contribution is -0.0709. The Morgan fingerprint density at radius 1 is 1.04 bits per heavy atom. The molecule has 8 N–H and O–H groups in total. The third-order valence-corrected chi connectivity index (χ3v) is 3.61. The lowest BCUT2D eigenvalue weighted by atomic mass is 10.0. The van der Waals surface area contributed by atoms with Crippen molar-refractivity contribution in [3.8, 4) is 0 Å². The molecule has 0 radical (unpaired) electrons. The van der Waals surface area contributed by atoms with E-state index in [-0.39, 0.29) is 0 Å². The second kappa shape index (κ2) is 6.88. The minimum absolute atomic E-state index is 0.495. The van der Waals surface area contributed by atoms with E-state index in [0.29, 0.717) is 5.06 Å². The van der Waals surface area contributed by atoms with Crippen LogP contribution in [0.2, 0.25) is 0 Å². The van der Waals surface area contributed by atoms with Crippen LogP contribution in [-0.2, 0) is 0 Å². The van der Waals surface area contributed by atoms with Crippen molar-refractivity contribution in [2.75, 3.05) is 0 Å². The molecule has 0 aliphatic carbocycles. The fourth-order valence-corrected chi connectivity index (χ4v) is 2.46. The topological polar surface area (TPSA) is 151 Å². The summed E-state index contributed by atoms with van der Waals surface area (Å²) in [7, 11) is 0. The Kier molecular flexibility index (Phi) is 4.90. The molecule has 126 valence electrons. The molecule has 2 aromatic carbocycles. The van der Waals surface area contributed by atoms with Gasteiger partial charge in [-0.05, 0) is 30.7 Å². The number of hydrogen-bond acceptors (Lipinski definition) is 3. The molecule has 0 fully saturated rings. The zero-order valence-corrected chi connectivity index (χ0v) is 13.1. The van der Waals surface area contributed by atoms with E-state index in [9.17, 15) is 10.0 Å². The highest BCUT2D eigenvalue weighted by atomic mass is 16.5. The molecule has 1 atom stereocenters. The molecule has 1 aromatic heterocycles. The summed E-state index contributed by atoms with van der Waals surface area (Å²) in [6, 6.07) is 11.6. The number of aromatic nitrogens is 1. The normalized spacial score (nSPS) is 11.6. The number of hydroxylamine groups is 2. The fraction of sp³-hybridized carbons (Fsp3) is 0.125. The Morgan fingerprint density at radius 2 is 1.62 bits per heavy atom. The monoisotopic (exact) mass is 329 g/mol. The molecule has 0 saturated carbocycles. The Balaban J connectivity index is 0.000000471. The summed E-state index contributed by atoms with van der Waals surface area (Å²) < 4.78 is 0. The van der Waals surface area contributed by atoms with Gasteiger partial charge in [-0.2, -0.15) is 5.06 Å². The van der Waals surface area contributed by atoms with Crippen molar-refractivity contribution in [2.45, 2.75) is 13.0 Å². The van der Waals surface area contributed by atoms with Crippen LogP contribution in [0, 0.1) is 0 Å². The largest absolute Gasteiger partial charge is 0.355 e. The minimum Gasteiger partial charge on any atom is -0.355 e. The maximum atomic E-state index is 11.0. The van der Waals surface area contributed by atoms with E-state index in [0.717, 1.165) is 27.4 Å². The number of amides is 4. The molecular formula is C16H19N5O3. The SMILES string of the molecule is CC(c1ccc2[nH]c3ccccc3c2c1)N(O)C(N)=O.NC(N)=O. The van der Waals surface area contributed by atoms with E-state index in [4.69, 9.17) is 10.5 Å². The van der Waals surface area contributed by atoms with Gasteiger partial charge >= 0.3 is 12.1 Å². The van der Waals surface area contributed by atoms with Gasteiger partial charge in [-0.3, -0.25) is 5.21 Å². The van der Waals surface area contributed by atoms with Crippen molar-refractivity contribution >= 4 is 33.9 Å². The first-order valence-corrected chi connectivity index (χ1v) is 7.14. The molecule has 1 unspecified atom stereocenters. The lowest BCUT2D eigenvalue weighted by Crippen LogP contribution is -2.34. The number of H-pyrrole nitrogens is 1. The second-order valence-electron chi connectivity index (χ2n) is 5.24. The molecule has 1 heterocycles. The fourth-order valence-electron chi connectivity index (χ4n) is 2.46. The van der Waals surface area contributed by atoms with Crippen LogP contribution in [0.3, 0.4) is 0 Å². The van der Waals surface area contributed by atoms with E-state index in [2.05, 4.69) is 16.5 Å². The summed E-state index contributed by atoms with van der Waals surface area (Å²) >= 11 is 0. The molecule has 3 rings (SSSR count). The van der Waals surface area contributed by atoms with Crippen LogP contribution in [0.15, 0.2) is 42.5 Å². The van der Waals surface area contributed by atoms with Crippen molar-refractivity contribution in [1.82, 2.24) is 10.0 Å².